The van der Waals surface area contributed by atoms with Crippen LogP contribution in [0.4, 0.5) is 0 Å². The van der Waals surface area contributed by atoms with E-state index in [1.165, 1.54) is 4.57 Å². The standard InChI is InChI=1S/C23H20N4O3/c28-21-13-20(15-6-7-15)25-14-27(21)11-10-24-23(29)17-8-9-19-18(12-17)22(30-26-19)16-4-2-1-3-5-16/h1-5,8-9,12-15H,6-7,10-11H2,(H,24,29). The lowest BCUT2D eigenvalue weighted by atomic mass is 10.1. The van der Waals surface area contributed by atoms with Crippen LogP contribution in [0.3, 0.4) is 0 Å². The van der Waals surface area contributed by atoms with Crippen molar-refractivity contribution in [3.05, 3.63) is 82.5 Å². The predicted molar refractivity (Wildman–Crippen MR) is 112 cm³/mol. The zero-order chi connectivity index (χ0) is 20.5. The quantitative estimate of drug-likeness (QED) is 0.536. The first-order valence-electron chi connectivity index (χ1n) is 9.98. The fourth-order valence-electron chi connectivity index (χ4n) is 3.48. The van der Waals surface area contributed by atoms with Gasteiger partial charge >= 0.3 is 0 Å². The molecule has 2 heterocycles. The molecule has 0 spiro atoms. The molecule has 5 rings (SSSR count). The molecule has 1 aliphatic rings. The van der Waals surface area contributed by atoms with Gasteiger partial charge in [-0.3, -0.25) is 14.2 Å². The summed E-state index contributed by atoms with van der Waals surface area (Å²) in [5.41, 5.74) is 2.89. The number of aromatic nitrogens is 3. The molecule has 1 amide bonds. The average molecular weight is 400 g/mol. The zero-order valence-electron chi connectivity index (χ0n) is 16.2. The zero-order valence-corrected chi connectivity index (χ0v) is 16.2. The molecule has 2 aromatic carbocycles. The maximum atomic E-state index is 12.6. The molecule has 0 bridgehead atoms. The molecule has 4 aromatic rings. The molecule has 0 unspecified atom stereocenters. The minimum atomic E-state index is -0.215. The van der Waals surface area contributed by atoms with Crippen molar-refractivity contribution < 1.29 is 9.32 Å². The van der Waals surface area contributed by atoms with Crippen LogP contribution in [0.1, 0.15) is 34.8 Å². The van der Waals surface area contributed by atoms with Crippen LogP contribution in [0.25, 0.3) is 22.2 Å². The number of nitrogens with one attached hydrogen (secondary N) is 1. The van der Waals surface area contributed by atoms with Crippen LogP contribution < -0.4 is 10.9 Å². The van der Waals surface area contributed by atoms with E-state index in [4.69, 9.17) is 4.52 Å². The highest BCUT2D eigenvalue weighted by molar-refractivity contribution is 6.00. The molecule has 7 nitrogen and oxygen atoms in total. The van der Waals surface area contributed by atoms with Crippen LogP contribution in [-0.4, -0.2) is 27.2 Å². The van der Waals surface area contributed by atoms with E-state index >= 15 is 0 Å². The molecule has 30 heavy (non-hydrogen) atoms. The van der Waals surface area contributed by atoms with Gasteiger partial charge in [0.05, 0.1) is 17.4 Å². The molecule has 1 N–H and O–H groups in total. The first-order chi connectivity index (χ1) is 14.7. The number of fused-ring (bicyclic) bond motifs is 1. The fraction of sp³-hybridized carbons (Fsp3) is 0.217. The van der Waals surface area contributed by atoms with Crippen molar-refractivity contribution in [3.63, 3.8) is 0 Å². The first kappa shape index (κ1) is 18.3. The van der Waals surface area contributed by atoms with E-state index in [0.717, 1.165) is 29.5 Å². The summed E-state index contributed by atoms with van der Waals surface area (Å²) in [6, 6.07) is 16.5. The highest BCUT2D eigenvalue weighted by Gasteiger charge is 2.25. The lowest BCUT2D eigenvalue weighted by Crippen LogP contribution is -2.31. The molecular weight excluding hydrogens is 380 g/mol. The highest BCUT2D eigenvalue weighted by Crippen LogP contribution is 2.38. The lowest BCUT2D eigenvalue weighted by molar-refractivity contribution is 0.0952. The van der Waals surface area contributed by atoms with Crippen LogP contribution in [0, 0.1) is 0 Å². The summed E-state index contributed by atoms with van der Waals surface area (Å²) in [6.07, 6.45) is 3.78. The third-order valence-corrected chi connectivity index (χ3v) is 5.31. The first-order valence-corrected chi connectivity index (χ1v) is 9.98. The minimum absolute atomic E-state index is 0.0838. The maximum absolute atomic E-state index is 12.6. The number of benzene rings is 2. The van der Waals surface area contributed by atoms with Gasteiger partial charge in [-0.25, -0.2) is 4.98 Å². The Bertz CT molecular complexity index is 1270. The second-order valence-electron chi connectivity index (χ2n) is 7.49. The highest BCUT2D eigenvalue weighted by atomic mass is 16.5. The number of hydrogen-bond donors (Lipinski definition) is 1. The fourth-order valence-corrected chi connectivity index (χ4v) is 3.48. The molecule has 0 atom stereocenters. The van der Waals surface area contributed by atoms with E-state index in [-0.39, 0.29) is 11.5 Å². The molecule has 7 heteroatoms. The van der Waals surface area contributed by atoms with Crippen LogP contribution >= 0.6 is 0 Å². The maximum Gasteiger partial charge on any atom is 0.253 e. The Kier molecular flexibility index (Phi) is 4.63. The van der Waals surface area contributed by atoms with Gasteiger partial charge in [-0.2, -0.15) is 0 Å². The topological polar surface area (TPSA) is 90.0 Å². The van der Waals surface area contributed by atoms with Gasteiger partial charge in [-0.05, 0) is 31.0 Å². The monoisotopic (exact) mass is 400 g/mol. The third kappa shape index (κ3) is 3.61. The van der Waals surface area contributed by atoms with E-state index in [9.17, 15) is 9.59 Å². The Morgan fingerprint density at radius 3 is 2.73 bits per heavy atom. The molecule has 1 aliphatic carbocycles. The van der Waals surface area contributed by atoms with Gasteiger partial charge in [0.1, 0.15) is 5.52 Å². The SMILES string of the molecule is O=C(NCCn1cnc(C2CC2)cc1=O)c1ccc2noc(-c3ccccc3)c2c1. The van der Waals surface area contributed by atoms with Crippen LogP contribution in [-0.2, 0) is 6.54 Å². The summed E-state index contributed by atoms with van der Waals surface area (Å²) in [7, 11) is 0. The minimum Gasteiger partial charge on any atom is -0.355 e. The van der Waals surface area contributed by atoms with E-state index in [1.54, 1.807) is 30.6 Å². The largest absolute Gasteiger partial charge is 0.355 e. The number of rotatable bonds is 6. The summed E-state index contributed by atoms with van der Waals surface area (Å²) in [4.78, 5) is 29.2. The van der Waals surface area contributed by atoms with Crippen molar-refractivity contribution in [3.8, 4) is 11.3 Å². The van der Waals surface area contributed by atoms with Gasteiger partial charge < -0.3 is 9.84 Å². The van der Waals surface area contributed by atoms with Crippen LogP contribution in [0.2, 0.25) is 0 Å². The van der Waals surface area contributed by atoms with Gasteiger partial charge in [-0.1, -0.05) is 35.5 Å². The average Bonchev–Trinajstić information content (AvgIpc) is 3.54. The van der Waals surface area contributed by atoms with Crippen LogP contribution in [0.5, 0.6) is 0 Å². The second-order valence-corrected chi connectivity index (χ2v) is 7.49. The Balaban J connectivity index is 1.28. The Hall–Kier alpha value is -3.74. The number of carbonyl (C=O) groups is 1. The molecule has 0 radical (unpaired) electrons. The molecule has 1 fully saturated rings. The molecule has 0 saturated heterocycles. The van der Waals surface area contributed by atoms with Crippen molar-refractivity contribution in [1.29, 1.82) is 0 Å². The molecule has 150 valence electrons. The Labute approximate surface area is 172 Å². The summed E-state index contributed by atoms with van der Waals surface area (Å²) < 4.78 is 7.01. The van der Waals surface area contributed by atoms with E-state index < -0.39 is 0 Å². The normalized spacial score (nSPS) is 13.5. The van der Waals surface area contributed by atoms with Crippen molar-refractivity contribution in [2.75, 3.05) is 6.54 Å². The molecule has 0 aliphatic heterocycles. The lowest BCUT2D eigenvalue weighted by Gasteiger charge is -2.08. The van der Waals surface area contributed by atoms with Gasteiger partial charge in [-0.15, -0.1) is 0 Å². The van der Waals surface area contributed by atoms with Gasteiger partial charge in [0.15, 0.2) is 5.76 Å². The summed E-state index contributed by atoms with van der Waals surface area (Å²) in [5.74, 6) is 0.863. The number of hydrogen-bond acceptors (Lipinski definition) is 5. The Morgan fingerprint density at radius 1 is 1.13 bits per heavy atom. The van der Waals surface area contributed by atoms with E-state index in [2.05, 4.69) is 15.5 Å². The van der Waals surface area contributed by atoms with Crippen LogP contribution in [0.15, 0.2) is 70.2 Å². The van der Waals surface area contributed by atoms with Gasteiger partial charge in [0.2, 0.25) is 0 Å². The summed E-state index contributed by atoms with van der Waals surface area (Å²) in [5, 5.41) is 7.72. The van der Waals surface area contributed by atoms with Crippen molar-refractivity contribution >= 4 is 16.8 Å². The van der Waals surface area contributed by atoms with E-state index in [1.807, 2.05) is 30.3 Å². The van der Waals surface area contributed by atoms with Gasteiger partial charge in [0.25, 0.3) is 11.5 Å². The van der Waals surface area contributed by atoms with Gasteiger partial charge in [0, 0.05) is 36.2 Å². The van der Waals surface area contributed by atoms with Crippen molar-refractivity contribution in [1.82, 2.24) is 20.0 Å². The van der Waals surface area contributed by atoms with Crippen molar-refractivity contribution in [2.45, 2.75) is 25.3 Å². The molecule has 1 saturated carbocycles. The Morgan fingerprint density at radius 2 is 1.97 bits per heavy atom. The number of nitrogens with zero attached hydrogens (tertiary/aromatic N) is 3. The predicted octanol–water partition coefficient (Wildman–Crippen LogP) is 3.36. The third-order valence-electron chi connectivity index (χ3n) is 5.31. The summed E-state index contributed by atoms with van der Waals surface area (Å²) >= 11 is 0. The number of amides is 1. The van der Waals surface area contributed by atoms with E-state index in [0.29, 0.717) is 35.8 Å². The number of carbonyl (C=O) groups excluding carboxylic acids is 1. The smallest absolute Gasteiger partial charge is 0.253 e. The van der Waals surface area contributed by atoms with Crippen molar-refractivity contribution in [2.24, 2.45) is 0 Å². The molecule has 2 aromatic heterocycles. The summed E-state index contributed by atoms with van der Waals surface area (Å²) in [6.45, 7) is 0.698. The molecular formula is C23H20N4O3. The second kappa shape index (κ2) is 7.59.